The molecule has 0 radical (unpaired) electrons. The molecule has 1 aliphatic heterocycles. The lowest BCUT2D eigenvalue weighted by Gasteiger charge is -2.40. The molecule has 0 saturated carbocycles. The van der Waals surface area contributed by atoms with Crippen LogP contribution < -0.4 is 0 Å². The number of halogens is 1. The van der Waals surface area contributed by atoms with Gasteiger partial charge in [-0.15, -0.1) is 11.3 Å². The van der Waals surface area contributed by atoms with Gasteiger partial charge < -0.3 is 9.84 Å². The summed E-state index contributed by atoms with van der Waals surface area (Å²) in [5.74, 6) is 0.0716. The van der Waals surface area contributed by atoms with Gasteiger partial charge in [-0.25, -0.2) is 0 Å². The molecular formula is C13H18ClNO3S. The Morgan fingerprint density at radius 1 is 1.68 bits per heavy atom. The highest BCUT2D eigenvalue weighted by atomic mass is 35.5. The van der Waals surface area contributed by atoms with E-state index in [2.05, 4.69) is 4.90 Å². The summed E-state index contributed by atoms with van der Waals surface area (Å²) in [5, 5.41) is 9.18. The summed E-state index contributed by atoms with van der Waals surface area (Å²) in [4.78, 5) is 15.2. The minimum Gasteiger partial charge on any atom is -0.394 e. The second-order valence-corrected chi connectivity index (χ2v) is 6.54. The first kappa shape index (κ1) is 14.9. The fraction of sp³-hybridized carbons (Fsp3) is 0.615. The molecule has 106 valence electrons. The quantitative estimate of drug-likeness (QED) is 0.865. The van der Waals surface area contributed by atoms with Crippen LogP contribution in [0.2, 0.25) is 4.34 Å². The lowest BCUT2D eigenvalue weighted by Crippen LogP contribution is -2.54. The Kier molecular flexibility index (Phi) is 4.97. The molecular weight excluding hydrogens is 286 g/mol. The van der Waals surface area contributed by atoms with E-state index in [-0.39, 0.29) is 30.6 Å². The van der Waals surface area contributed by atoms with E-state index >= 15 is 0 Å². The van der Waals surface area contributed by atoms with Crippen LogP contribution in [0.4, 0.5) is 0 Å². The second-order valence-electron chi connectivity index (χ2n) is 4.83. The first-order chi connectivity index (χ1) is 9.02. The highest BCUT2D eigenvalue weighted by Crippen LogP contribution is 2.25. The average Bonchev–Trinajstić information content (AvgIpc) is 2.84. The SMILES string of the molecule is CC1COC(CO)CN1C(C)C(=O)c1ccc(Cl)s1. The van der Waals surface area contributed by atoms with E-state index in [9.17, 15) is 9.90 Å². The molecule has 0 spiro atoms. The molecule has 3 unspecified atom stereocenters. The third kappa shape index (κ3) is 3.35. The predicted molar refractivity (Wildman–Crippen MR) is 76.1 cm³/mol. The van der Waals surface area contributed by atoms with Crippen molar-refractivity contribution in [3.05, 3.63) is 21.3 Å². The van der Waals surface area contributed by atoms with Crippen molar-refractivity contribution >= 4 is 28.7 Å². The van der Waals surface area contributed by atoms with Crippen LogP contribution in [0.15, 0.2) is 12.1 Å². The molecule has 1 aromatic heterocycles. The Labute approximate surface area is 121 Å². The Morgan fingerprint density at radius 2 is 2.42 bits per heavy atom. The molecule has 0 aromatic carbocycles. The van der Waals surface area contributed by atoms with E-state index in [1.165, 1.54) is 11.3 Å². The van der Waals surface area contributed by atoms with Gasteiger partial charge in [0.25, 0.3) is 0 Å². The van der Waals surface area contributed by atoms with Crippen LogP contribution in [0.3, 0.4) is 0 Å². The summed E-state index contributed by atoms with van der Waals surface area (Å²) in [6.45, 7) is 5.01. The Bertz CT molecular complexity index is 451. The van der Waals surface area contributed by atoms with Crippen molar-refractivity contribution in [2.24, 2.45) is 0 Å². The normalized spacial score (nSPS) is 26.3. The molecule has 1 aromatic rings. The van der Waals surface area contributed by atoms with Crippen LogP contribution in [0.1, 0.15) is 23.5 Å². The number of thiophene rings is 1. The van der Waals surface area contributed by atoms with Gasteiger partial charge in [0.05, 0.1) is 34.6 Å². The van der Waals surface area contributed by atoms with Gasteiger partial charge in [-0.3, -0.25) is 9.69 Å². The van der Waals surface area contributed by atoms with Crippen LogP contribution in [-0.4, -0.2) is 53.7 Å². The molecule has 0 amide bonds. The van der Waals surface area contributed by atoms with E-state index in [1.54, 1.807) is 12.1 Å². The molecule has 0 bridgehead atoms. The van der Waals surface area contributed by atoms with Crippen molar-refractivity contribution in [3.8, 4) is 0 Å². The zero-order valence-corrected chi connectivity index (χ0v) is 12.6. The summed E-state index contributed by atoms with van der Waals surface area (Å²) >= 11 is 7.17. The van der Waals surface area contributed by atoms with E-state index in [0.717, 1.165) is 0 Å². The lowest BCUT2D eigenvalue weighted by molar-refractivity contribution is -0.0846. The third-order valence-electron chi connectivity index (χ3n) is 3.45. The highest BCUT2D eigenvalue weighted by Gasteiger charge is 2.32. The number of Topliss-reactive ketones (excluding diaryl/α,β-unsaturated/α-hetero) is 1. The number of ketones is 1. The molecule has 2 rings (SSSR count). The zero-order valence-electron chi connectivity index (χ0n) is 11.0. The van der Waals surface area contributed by atoms with Gasteiger partial charge in [0.1, 0.15) is 0 Å². The maximum absolute atomic E-state index is 12.4. The van der Waals surface area contributed by atoms with Crippen molar-refractivity contribution < 1.29 is 14.6 Å². The van der Waals surface area contributed by atoms with Gasteiger partial charge in [-0.05, 0) is 26.0 Å². The van der Waals surface area contributed by atoms with Gasteiger partial charge in [0.15, 0.2) is 5.78 Å². The molecule has 3 atom stereocenters. The first-order valence-corrected chi connectivity index (χ1v) is 7.50. The smallest absolute Gasteiger partial charge is 0.189 e. The number of aliphatic hydroxyl groups excluding tert-OH is 1. The lowest BCUT2D eigenvalue weighted by atomic mass is 10.1. The first-order valence-electron chi connectivity index (χ1n) is 6.30. The fourth-order valence-corrected chi connectivity index (χ4v) is 3.36. The average molecular weight is 304 g/mol. The summed E-state index contributed by atoms with van der Waals surface area (Å²) in [5.41, 5.74) is 0. The van der Waals surface area contributed by atoms with E-state index < -0.39 is 0 Å². The molecule has 19 heavy (non-hydrogen) atoms. The van der Waals surface area contributed by atoms with Crippen molar-refractivity contribution in [1.29, 1.82) is 0 Å². The summed E-state index contributed by atoms with van der Waals surface area (Å²) in [6, 6.07) is 3.44. The Balaban J connectivity index is 2.09. The molecule has 1 N–H and O–H groups in total. The molecule has 4 nitrogen and oxygen atoms in total. The van der Waals surface area contributed by atoms with Crippen molar-refractivity contribution in [2.45, 2.75) is 32.0 Å². The van der Waals surface area contributed by atoms with Crippen molar-refractivity contribution in [3.63, 3.8) is 0 Å². The number of rotatable bonds is 4. The number of carbonyl (C=O) groups is 1. The Morgan fingerprint density at radius 3 is 3.00 bits per heavy atom. The maximum atomic E-state index is 12.4. The molecule has 1 saturated heterocycles. The van der Waals surface area contributed by atoms with Gasteiger partial charge in [-0.1, -0.05) is 11.6 Å². The number of aliphatic hydroxyl groups is 1. The van der Waals surface area contributed by atoms with Crippen LogP contribution in [0, 0.1) is 0 Å². The summed E-state index contributed by atoms with van der Waals surface area (Å²) in [7, 11) is 0. The van der Waals surface area contributed by atoms with Gasteiger partial charge in [-0.2, -0.15) is 0 Å². The highest BCUT2D eigenvalue weighted by molar-refractivity contribution is 7.18. The van der Waals surface area contributed by atoms with Crippen LogP contribution in [0.5, 0.6) is 0 Å². The minimum atomic E-state index is -0.234. The number of hydrogen-bond donors (Lipinski definition) is 1. The zero-order chi connectivity index (χ0) is 14.0. The summed E-state index contributed by atoms with van der Waals surface area (Å²) < 4.78 is 6.11. The monoisotopic (exact) mass is 303 g/mol. The van der Waals surface area contributed by atoms with E-state index in [1.807, 2.05) is 13.8 Å². The number of morpholine rings is 1. The second kappa shape index (κ2) is 6.33. The number of nitrogens with zero attached hydrogens (tertiary/aromatic N) is 1. The van der Waals surface area contributed by atoms with Gasteiger partial charge in [0.2, 0.25) is 0 Å². The molecule has 2 heterocycles. The maximum Gasteiger partial charge on any atom is 0.189 e. The Hall–Kier alpha value is -0.460. The molecule has 0 aliphatic carbocycles. The third-order valence-corrected chi connectivity index (χ3v) is 4.70. The number of carbonyl (C=O) groups excluding carboxylic acids is 1. The van der Waals surface area contributed by atoms with Crippen LogP contribution in [0.25, 0.3) is 0 Å². The largest absolute Gasteiger partial charge is 0.394 e. The van der Waals surface area contributed by atoms with Gasteiger partial charge in [0, 0.05) is 12.6 Å². The molecule has 6 heteroatoms. The fourth-order valence-electron chi connectivity index (χ4n) is 2.29. The van der Waals surface area contributed by atoms with Crippen molar-refractivity contribution in [2.75, 3.05) is 19.8 Å². The van der Waals surface area contributed by atoms with E-state index in [0.29, 0.717) is 22.4 Å². The topological polar surface area (TPSA) is 49.8 Å². The molecule has 1 aliphatic rings. The molecule has 1 fully saturated rings. The van der Waals surface area contributed by atoms with Crippen LogP contribution >= 0.6 is 22.9 Å². The van der Waals surface area contributed by atoms with Crippen molar-refractivity contribution in [1.82, 2.24) is 4.90 Å². The standard InChI is InChI=1S/C13H18ClNO3S/c1-8-7-18-10(6-16)5-15(8)9(2)13(17)11-3-4-12(14)19-11/h3-4,8-10,16H,5-7H2,1-2H3. The van der Waals surface area contributed by atoms with E-state index in [4.69, 9.17) is 16.3 Å². The number of hydrogen-bond acceptors (Lipinski definition) is 5. The predicted octanol–water partition coefficient (Wildman–Crippen LogP) is 2.05. The summed E-state index contributed by atoms with van der Waals surface area (Å²) in [6.07, 6.45) is -0.210. The number of ether oxygens (including phenoxy) is 1. The van der Waals surface area contributed by atoms with Gasteiger partial charge >= 0.3 is 0 Å². The van der Waals surface area contributed by atoms with Crippen LogP contribution in [-0.2, 0) is 4.74 Å². The minimum absolute atomic E-state index is 0.0189.